The molecule has 0 aromatic heterocycles. The maximum atomic E-state index is 12.2. The van der Waals surface area contributed by atoms with Gasteiger partial charge >= 0.3 is 5.97 Å². The molecule has 0 fully saturated rings. The van der Waals surface area contributed by atoms with Gasteiger partial charge in [-0.2, -0.15) is 0 Å². The Morgan fingerprint density at radius 2 is 1.84 bits per heavy atom. The van der Waals surface area contributed by atoms with Crippen molar-refractivity contribution in [3.63, 3.8) is 0 Å². The number of hydrogen-bond donors (Lipinski definition) is 1. The predicted octanol–water partition coefficient (Wildman–Crippen LogP) is 4.23. The summed E-state index contributed by atoms with van der Waals surface area (Å²) < 4.78 is 10.5. The second-order valence-corrected chi connectivity index (χ2v) is 5.81. The first-order chi connectivity index (χ1) is 11.9. The summed E-state index contributed by atoms with van der Waals surface area (Å²) in [6.07, 6.45) is -0.947. The van der Waals surface area contributed by atoms with E-state index in [-0.39, 0.29) is 0 Å². The van der Waals surface area contributed by atoms with Crippen molar-refractivity contribution in [2.75, 3.05) is 11.9 Å². The van der Waals surface area contributed by atoms with Crippen LogP contribution in [0, 0.1) is 6.92 Å². The Bertz CT molecular complexity index is 759. The lowest BCUT2D eigenvalue weighted by molar-refractivity contribution is -0.123. The molecule has 2 aromatic carbocycles. The highest BCUT2D eigenvalue weighted by atomic mass is 35.5. The van der Waals surface area contributed by atoms with Crippen molar-refractivity contribution >= 4 is 29.2 Å². The molecule has 0 heterocycles. The highest BCUT2D eigenvalue weighted by Crippen LogP contribution is 2.23. The highest BCUT2D eigenvalue weighted by Gasteiger charge is 2.20. The van der Waals surface area contributed by atoms with Gasteiger partial charge < -0.3 is 14.8 Å². The zero-order valence-electron chi connectivity index (χ0n) is 14.3. The minimum Gasteiger partial charge on any atom is -0.494 e. The summed E-state index contributed by atoms with van der Waals surface area (Å²) in [5.74, 6) is -0.334. The molecule has 1 atom stereocenters. The van der Waals surface area contributed by atoms with E-state index >= 15 is 0 Å². The molecule has 1 amide bonds. The van der Waals surface area contributed by atoms with Gasteiger partial charge in [-0.3, -0.25) is 4.79 Å². The molecule has 1 N–H and O–H groups in total. The van der Waals surface area contributed by atoms with Gasteiger partial charge in [0.15, 0.2) is 6.10 Å². The molecule has 132 valence electrons. The van der Waals surface area contributed by atoms with E-state index in [1.54, 1.807) is 49.4 Å². The van der Waals surface area contributed by atoms with Crippen LogP contribution in [0.1, 0.15) is 29.8 Å². The molecular weight excluding hydrogens is 342 g/mol. The summed E-state index contributed by atoms with van der Waals surface area (Å²) >= 11 is 6.03. The SMILES string of the molecule is CCOc1ccc(C(=O)OC(C)C(=O)Nc2cccc(Cl)c2C)cc1. The molecule has 0 saturated carbocycles. The fourth-order valence-corrected chi connectivity index (χ4v) is 2.29. The van der Waals surface area contributed by atoms with Crippen molar-refractivity contribution in [2.45, 2.75) is 26.9 Å². The van der Waals surface area contributed by atoms with Gasteiger partial charge in [-0.1, -0.05) is 17.7 Å². The third-order valence-corrected chi connectivity index (χ3v) is 3.99. The Morgan fingerprint density at radius 1 is 1.16 bits per heavy atom. The average molecular weight is 362 g/mol. The van der Waals surface area contributed by atoms with Crippen LogP contribution < -0.4 is 10.1 Å². The Labute approximate surface area is 151 Å². The normalized spacial score (nSPS) is 11.5. The number of anilines is 1. The summed E-state index contributed by atoms with van der Waals surface area (Å²) in [5, 5.41) is 3.27. The van der Waals surface area contributed by atoms with E-state index in [0.717, 1.165) is 5.56 Å². The molecule has 0 spiro atoms. The van der Waals surface area contributed by atoms with Crippen molar-refractivity contribution in [3.8, 4) is 5.75 Å². The van der Waals surface area contributed by atoms with Gasteiger partial charge in [0.05, 0.1) is 12.2 Å². The lowest BCUT2D eigenvalue weighted by Crippen LogP contribution is -2.30. The van der Waals surface area contributed by atoms with Gasteiger partial charge in [-0.05, 0) is 62.7 Å². The quantitative estimate of drug-likeness (QED) is 0.782. The summed E-state index contributed by atoms with van der Waals surface area (Å²) in [6.45, 7) is 5.74. The maximum absolute atomic E-state index is 12.2. The van der Waals surface area contributed by atoms with Gasteiger partial charge in [-0.15, -0.1) is 0 Å². The van der Waals surface area contributed by atoms with Crippen LogP contribution in [-0.2, 0) is 9.53 Å². The summed E-state index contributed by atoms with van der Waals surface area (Å²) in [7, 11) is 0. The molecule has 0 aliphatic heterocycles. The van der Waals surface area contributed by atoms with Crippen LogP contribution in [0.25, 0.3) is 0 Å². The number of halogens is 1. The molecule has 25 heavy (non-hydrogen) atoms. The first kappa shape index (κ1) is 18.8. The van der Waals surface area contributed by atoms with Gasteiger partial charge in [-0.25, -0.2) is 4.79 Å². The smallest absolute Gasteiger partial charge is 0.338 e. The number of hydrogen-bond acceptors (Lipinski definition) is 4. The second-order valence-electron chi connectivity index (χ2n) is 5.41. The van der Waals surface area contributed by atoms with Crippen molar-refractivity contribution in [3.05, 3.63) is 58.6 Å². The molecule has 0 aliphatic rings. The molecule has 2 aromatic rings. The molecule has 0 saturated heterocycles. The zero-order valence-corrected chi connectivity index (χ0v) is 15.1. The minimum atomic E-state index is -0.947. The minimum absolute atomic E-state index is 0.349. The predicted molar refractivity (Wildman–Crippen MR) is 97.3 cm³/mol. The largest absolute Gasteiger partial charge is 0.494 e. The number of rotatable bonds is 6. The third-order valence-electron chi connectivity index (χ3n) is 3.58. The van der Waals surface area contributed by atoms with Crippen molar-refractivity contribution in [1.82, 2.24) is 0 Å². The third kappa shape index (κ3) is 4.97. The van der Waals surface area contributed by atoms with Gasteiger partial charge in [0.2, 0.25) is 0 Å². The van der Waals surface area contributed by atoms with Crippen LogP contribution in [0.5, 0.6) is 5.75 Å². The number of benzene rings is 2. The average Bonchev–Trinajstić information content (AvgIpc) is 2.59. The molecule has 5 nitrogen and oxygen atoms in total. The monoisotopic (exact) mass is 361 g/mol. The zero-order chi connectivity index (χ0) is 18.4. The van der Waals surface area contributed by atoms with E-state index in [0.29, 0.717) is 28.6 Å². The molecule has 2 rings (SSSR count). The van der Waals surface area contributed by atoms with E-state index in [4.69, 9.17) is 21.1 Å². The summed E-state index contributed by atoms with van der Waals surface area (Å²) in [5.41, 5.74) is 1.69. The van der Waals surface area contributed by atoms with Crippen LogP contribution in [0.3, 0.4) is 0 Å². The molecular formula is C19H20ClNO4. The number of nitrogens with one attached hydrogen (secondary N) is 1. The van der Waals surface area contributed by atoms with E-state index in [2.05, 4.69) is 5.32 Å². The van der Waals surface area contributed by atoms with E-state index in [1.165, 1.54) is 6.92 Å². The molecule has 0 radical (unpaired) electrons. The van der Waals surface area contributed by atoms with E-state index < -0.39 is 18.0 Å². The fourth-order valence-electron chi connectivity index (χ4n) is 2.11. The van der Waals surface area contributed by atoms with E-state index in [1.807, 2.05) is 6.92 Å². The Kier molecular flexibility index (Phi) is 6.42. The highest BCUT2D eigenvalue weighted by molar-refractivity contribution is 6.31. The van der Waals surface area contributed by atoms with Crippen LogP contribution in [0.4, 0.5) is 5.69 Å². The Morgan fingerprint density at radius 3 is 2.48 bits per heavy atom. The van der Waals surface area contributed by atoms with Crippen LogP contribution in [0.15, 0.2) is 42.5 Å². The maximum Gasteiger partial charge on any atom is 0.338 e. The number of esters is 1. The molecule has 0 aliphatic carbocycles. The first-order valence-electron chi connectivity index (χ1n) is 7.92. The van der Waals surface area contributed by atoms with Crippen molar-refractivity contribution < 1.29 is 19.1 Å². The standard InChI is InChI=1S/C19H20ClNO4/c1-4-24-15-10-8-14(9-11-15)19(23)25-13(3)18(22)21-17-7-5-6-16(20)12(17)2/h5-11,13H,4H2,1-3H3,(H,21,22). The lowest BCUT2D eigenvalue weighted by atomic mass is 10.2. The van der Waals surface area contributed by atoms with E-state index in [9.17, 15) is 9.59 Å². The number of ether oxygens (including phenoxy) is 2. The van der Waals surface area contributed by atoms with Crippen molar-refractivity contribution in [2.24, 2.45) is 0 Å². The van der Waals surface area contributed by atoms with Crippen LogP contribution in [-0.4, -0.2) is 24.6 Å². The summed E-state index contributed by atoms with van der Waals surface area (Å²) in [6, 6.07) is 11.8. The second kappa shape index (κ2) is 8.53. The Balaban J connectivity index is 1.98. The van der Waals surface area contributed by atoms with Crippen LogP contribution >= 0.6 is 11.6 Å². The number of carbonyl (C=O) groups is 2. The number of amides is 1. The van der Waals surface area contributed by atoms with Crippen LogP contribution in [0.2, 0.25) is 5.02 Å². The van der Waals surface area contributed by atoms with Gasteiger partial charge in [0.1, 0.15) is 5.75 Å². The lowest BCUT2D eigenvalue weighted by Gasteiger charge is -2.15. The molecule has 6 heteroatoms. The molecule has 1 unspecified atom stereocenters. The first-order valence-corrected chi connectivity index (χ1v) is 8.30. The Hall–Kier alpha value is -2.53. The molecule has 0 bridgehead atoms. The van der Waals surface area contributed by atoms with Gasteiger partial charge in [0, 0.05) is 10.7 Å². The fraction of sp³-hybridized carbons (Fsp3) is 0.263. The van der Waals surface area contributed by atoms with Gasteiger partial charge in [0.25, 0.3) is 5.91 Å². The summed E-state index contributed by atoms with van der Waals surface area (Å²) in [4.78, 5) is 24.4. The van der Waals surface area contributed by atoms with Crippen molar-refractivity contribution in [1.29, 1.82) is 0 Å². The topological polar surface area (TPSA) is 64.6 Å². The number of carbonyl (C=O) groups excluding carboxylic acids is 2.